The van der Waals surface area contributed by atoms with E-state index in [1.165, 1.54) is 0 Å². The van der Waals surface area contributed by atoms with Gasteiger partial charge in [0.15, 0.2) is 11.5 Å². The van der Waals surface area contributed by atoms with Gasteiger partial charge in [-0.1, -0.05) is 13.8 Å². The molecule has 1 atom stereocenters. The lowest BCUT2D eigenvalue weighted by Crippen LogP contribution is -2.52. The Balaban J connectivity index is 2.81. The molecule has 0 spiro atoms. The van der Waals surface area contributed by atoms with E-state index in [1.54, 1.807) is 18.7 Å². The van der Waals surface area contributed by atoms with E-state index in [1.807, 2.05) is 13.8 Å². The number of allylic oxidation sites excluding steroid dienone is 1. The third-order valence-electron chi connectivity index (χ3n) is 3.59. The summed E-state index contributed by atoms with van der Waals surface area (Å²) in [5.74, 6) is -1.34. The van der Waals surface area contributed by atoms with Crippen molar-refractivity contribution in [3.05, 3.63) is 11.8 Å². The molecule has 0 bridgehead atoms. The highest BCUT2D eigenvalue weighted by Crippen LogP contribution is 2.24. The molecule has 0 fully saturated rings. The van der Waals surface area contributed by atoms with Gasteiger partial charge in [0, 0.05) is 25.6 Å². The Morgan fingerprint density at radius 3 is 2.38 bits per heavy atom. The molecule has 24 heavy (non-hydrogen) atoms. The van der Waals surface area contributed by atoms with Crippen LogP contribution in [0.4, 0.5) is 0 Å². The Labute approximate surface area is 143 Å². The lowest BCUT2D eigenvalue weighted by atomic mass is 9.98. The number of ether oxygens (including phenoxy) is 1. The van der Waals surface area contributed by atoms with Crippen molar-refractivity contribution >= 4 is 17.6 Å². The fraction of sp³-hybridized carbons (Fsp3) is 0.706. The number of hydrogen-bond donors (Lipinski definition) is 2. The molecule has 0 aliphatic carbocycles. The first-order chi connectivity index (χ1) is 11.2. The smallest absolute Gasteiger partial charge is 0.287 e. The second kappa shape index (κ2) is 8.82. The Kier molecular flexibility index (Phi) is 7.41. The van der Waals surface area contributed by atoms with Crippen LogP contribution in [0, 0.1) is 0 Å². The highest BCUT2D eigenvalue weighted by molar-refractivity contribution is 6.03. The quantitative estimate of drug-likeness (QED) is 0.680. The second-order valence-electron chi connectivity index (χ2n) is 6.55. The van der Waals surface area contributed by atoms with Crippen LogP contribution in [-0.4, -0.2) is 58.9 Å². The predicted octanol–water partition coefficient (Wildman–Crippen LogP) is 0.764. The van der Waals surface area contributed by atoms with Crippen molar-refractivity contribution in [3.63, 3.8) is 0 Å². The van der Waals surface area contributed by atoms with Crippen molar-refractivity contribution in [2.45, 2.75) is 58.6 Å². The summed E-state index contributed by atoms with van der Waals surface area (Å²) in [6.07, 6.45) is 2.89. The average molecular weight is 340 g/mol. The Morgan fingerprint density at radius 2 is 1.92 bits per heavy atom. The number of rotatable bonds is 8. The number of carbonyl (C=O) groups excluding carboxylic acids is 3. The maximum Gasteiger partial charge on any atom is 0.287 e. The number of nitrogens with one attached hydrogen (secondary N) is 1. The summed E-state index contributed by atoms with van der Waals surface area (Å²) in [6, 6.07) is -1.06. The largest absolute Gasteiger partial charge is 0.482 e. The van der Waals surface area contributed by atoms with Crippen LogP contribution >= 0.6 is 0 Å². The van der Waals surface area contributed by atoms with E-state index in [-0.39, 0.29) is 23.9 Å². The van der Waals surface area contributed by atoms with E-state index in [2.05, 4.69) is 5.32 Å². The molecule has 1 aliphatic heterocycles. The van der Waals surface area contributed by atoms with Gasteiger partial charge in [0.05, 0.1) is 6.61 Å². The number of hydrogen-bond acceptors (Lipinski definition) is 5. The molecular weight excluding hydrogens is 312 g/mol. The molecule has 0 saturated heterocycles. The van der Waals surface area contributed by atoms with Crippen molar-refractivity contribution in [3.8, 4) is 0 Å². The minimum Gasteiger partial charge on any atom is -0.482 e. The van der Waals surface area contributed by atoms with Crippen molar-refractivity contribution < 1.29 is 24.2 Å². The fourth-order valence-corrected chi connectivity index (χ4v) is 2.60. The second-order valence-corrected chi connectivity index (χ2v) is 6.55. The molecule has 0 aromatic rings. The summed E-state index contributed by atoms with van der Waals surface area (Å²) >= 11 is 0. The number of aliphatic hydroxyl groups excluding tert-OH is 1. The third kappa shape index (κ3) is 5.63. The van der Waals surface area contributed by atoms with Crippen LogP contribution in [0.2, 0.25) is 0 Å². The van der Waals surface area contributed by atoms with Crippen LogP contribution in [0.25, 0.3) is 0 Å². The first-order valence-electron chi connectivity index (χ1n) is 8.38. The lowest BCUT2D eigenvalue weighted by Gasteiger charge is -2.31. The third-order valence-corrected chi connectivity index (χ3v) is 3.59. The molecule has 7 nitrogen and oxygen atoms in total. The van der Waals surface area contributed by atoms with Gasteiger partial charge in [-0.05, 0) is 26.7 Å². The summed E-state index contributed by atoms with van der Waals surface area (Å²) in [4.78, 5) is 38.1. The van der Waals surface area contributed by atoms with Gasteiger partial charge >= 0.3 is 0 Å². The fourth-order valence-electron chi connectivity index (χ4n) is 2.60. The molecule has 1 rings (SSSR count). The summed E-state index contributed by atoms with van der Waals surface area (Å²) in [6.45, 7) is 7.94. The molecule has 7 heteroatoms. The monoisotopic (exact) mass is 340 g/mol. The van der Waals surface area contributed by atoms with Crippen LogP contribution in [0.15, 0.2) is 11.8 Å². The van der Waals surface area contributed by atoms with Gasteiger partial charge in [0.2, 0.25) is 5.91 Å². The summed E-state index contributed by atoms with van der Waals surface area (Å²) in [5.41, 5.74) is -0.770. The minimum absolute atomic E-state index is 0.125. The van der Waals surface area contributed by atoms with E-state index in [0.29, 0.717) is 13.1 Å². The minimum atomic E-state index is -1.06. The topological polar surface area (TPSA) is 95.9 Å². The van der Waals surface area contributed by atoms with E-state index < -0.39 is 24.2 Å². The van der Waals surface area contributed by atoms with Gasteiger partial charge in [0.25, 0.3) is 5.91 Å². The molecular formula is C17H28N2O5. The predicted molar refractivity (Wildman–Crippen MR) is 89.0 cm³/mol. The lowest BCUT2D eigenvalue weighted by molar-refractivity contribution is -0.138. The Morgan fingerprint density at radius 1 is 1.33 bits per heavy atom. The zero-order valence-corrected chi connectivity index (χ0v) is 14.9. The Hall–Kier alpha value is -1.89. The normalized spacial score (nSPS) is 17.5. The van der Waals surface area contributed by atoms with E-state index in [9.17, 15) is 19.5 Å². The van der Waals surface area contributed by atoms with E-state index in [4.69, 9.17) is 4.74 Å². The highest BCUT2D eigenvalue weighted by Gasteiger charge is 2.33. The molecule has 0 radical (unpaired) electrons. The number of nitrogens with zero attached hydrogens (tertiary/aromatic N) is 1. The van der Waals surface area contributed by atoms with Crippen LogP contribution in [0.3, 0.4) is 0 Å². The molecule has 2 amide bonds. The summed E-state index contributed by atoms with van der Waals surface area (Å²) in [7, 11) is 0. The number of aliphatic hydroxyl groups is 1. The molecule has 0 aromatic heterocycles. The van der Waals surface area contributed by atoms with Crippen molar-refractivity contribution in [1.82, 2.24) is 10.2 Å². The maximum atomic E-state index is 12.5. The van der Waals surface area contributed by atoms with Gasteiger partial charge in [-0.2, -0.15) is 0 Å². The zero-order chi connectivity index (χ0) is 18.3. The molecule has 1 aliphatic rings. The molecule has 0 saturated carbocycles. The first kappa shape index (κ1) is 20.2. The highest BCUT2D eigenvalue weighted by atomic mass is 16.5. The molecule has 1 heterocycles. The SMILES string of the molecule is CCCN(CCC)C(=O)[C@H](CO)NC(=O)C1=CC(=O)CC(C)(C)O1. The summed E-state index contributed by atoms with van der Waals surface area (Å²) in [5, 5.41) is 12.0. The zero-order valence-electron chi connectivity index (χ0n) is 14.9. The number of carbonyl (C=O) groups is 3. The molecule has 2 N–H and O–H groups in total. The van der Waals surface area contributed by atoms with Crippen molar-refractivity contribution in [2.75, 3.05) is 19.7 Å². The van der Waals surface area contributed by atoms with Crippen LogP contribution in [-0.2, 0) is 19.1 Å². The van der Waals surface area contributed by atoms with E-state index in [0.717, 1.165) is 18.9 Å². The van der Waals surface area contributed by atoms with Crippen molar-refractivity contribution in [2.24, 2.45) is 0 Å². The van der Waals surface area contributed by atoms with Gasteiger partial charge in [0.1, 0.15) is 11.6 Å². The number of ketones is 1. The molecule has 0 unspecified atom stereocenters. The van der Waals surface area contributed by atoms with Gasteiger partial charge in [-0.3, -0.25) is 14.4 Å². The standard InChI is InChI=1S/C17H28N2O5/c1-5-7-19(8-6-2)16(23)13(11-20)18-15(22)14-9-12(21)10-17(3,4)24-14/h9,13,20H,5-8,10-11H2,1-4H3,(H,18,22)/t13-/m0/s1. The average Bonchev–Trinajstić information content (AvgIpc) is 2.49. The van der Waals surface area contributed by atoms with Crippen LogP contribution < -0.4 is 5.32 Å². The van der Waals surface area contributed by atoms with Crippen LogP contribution in [0.1, 0.15) is 47.0 Å². The Bertz CT molecular complexity index is 507. The van der Waals surface area contributed by atoms with Crippen molar-refractivity contribution in [1.29, 1.82) is 0 Å². The maximum absolute atomic E-state index is 12.5. The molecule has 136 valence electrons. The van der Waals surface area contributed by atoms with Crippen LogP contribution in [0.5, 0.6) is 0 Å². The van der Waals surface area contributed by atoms with Gasteiger partial charge in [-0.25, -0.2) is 0 Å². The first-order valence-corrected chi connectivity index (χ1v) is 8.38. The van der Waals surface area contributed by atoms with Gasteiger partial charge in [-0.15, -0.1) is 0 Å². The molecule has 0 aromatic carbocycles. The van der Waals surface area contributed by atoms with Gasteiger partial charge < -0.3 is 20.1 Å². The van der Waals surface area contributed by atoms with E-state index >= 15 is 0 Å². The number of amides is 2. The summed E-state index contributed by atoms with van der Waals surface area (Å²) < 4.78 is 5.51.